The predicted molar refractivity (Wildman–Crippen MR) is 110 cm³/mol. The first kappa shape index (κ1) is 20.5. The minimum atomic E-state index is -1.61. The first-order chi connectivity index (χ1) is 13.9. The van der Waals surface area contributed by atoms with Crippen LogP contribution < -0.4 is 24.4 Å². The van der Waals surface area contributed by atoms with Gasteiger partial charge in [-0.1, -0.05) is 18.2 Å². The average Bonchev–Trinajstić information content (AvgIpc) is 2.74. The Morgan fingerprint density at radius 1 is 1.14 bits per heavy atom. The molecule has 3 rings (SSSR count). The van der Waals surface area contributed by atoms with Crippen LogP contribution in [-0.2, 0) is 16.0 Å². The predicted octanol–water partition coefficient (Wildman–Crippen LogP) is 2.57. The van der Waals surface area contributed by atoms with Crippen LogP contribution in [-0.4, -0.2) is 44.7 Å². The second-order valence-electron chi connectivity index (χ2n) is 6.85. The summed E-state index contributed by atoms with van der Waals surface area (Å²) in [5, 5.41) is 2.83. The van der Waals surface area contributed by atoms with Gasteiger partial charge in [0.1, 0.15) is 5.75 Å². The molecule has 2 aromatic rings. The number of nitrogens with zero attached hydrogens (tertiary/aromatic N) is 1. The molecule has 0 aliphatic carbocycles. The second-order valence-corrected chi connectivity index (χ2v) is 6.85. The molecule has 154 valence electrons. The Kier molecular flexibility index (Phi) is 5.96. The third-order valence-corrected chi connectivity index (χ3v) is 5.02. The van der Waals surface area contributed by atoms with E-state index in [0.29, 0.717) is 42.4 Å². The number of para-hydroxylation sites is 2. The monoisotopic (exact) mass is 398 g/mol. The third kappa shape index (κ3) is 3.85. The summed E-state index contributed by atoms with van der Waals surface area (Å²) in [4.78, 5) is 27.4. The molecular weight excluding hydrogens is 372 g/mol. The van der Waals surface area contributed by atoms with Gasteiger partial charge in [-0.2, -0.15) is 0 Å². The highest BCUT2D eigenvalue weighted by Gasteiger charge is 2.50. The van der Waals surface area contributed by atoms with Gasteiger partial charge in [-0.25, -0.2) is 0 Å². The van der Waals surface area contributed by atoms with Gasteiger partial charge in [-0.3, -0.25) is 9.59 Å². The van der Waals surface area contributed by atoms with Gasteiger partial charge >= 0.3 is 0 Å². The zero-order valence-electron chi connectivity index (χ0n) is 17.2. The molecule has 2 amide bonds. The Bertz CT molecular complexity index is 914. The number of hydrogen-bond donors (Lipinski definition) is 1. The molecule has 0 radical (unpaired) electrons. The van der Waals surface area contributed by atoms with Crippen molar-refractivity contribution in [3.05, 3.63) is 48.0 Å². The molecule has 1 N–H and O–H groups in total. The van der Waals surface area contributed by atoms with Crippen LogP contribution in [0.5, 0.6) is 17.2 Å². The summed E-state index contributed by atoms with van der Waals surface area (Å²) < 4.78 is 16.4. The second kappa shape index (κ2) is 8.43. The van der Waals surface area contributed by atoms with Crippen LogP contribution in [0, 0.1) is 0 Å². The molecule has 1 aliphatic heterocycles. The summed E-state index contributed by atoms with van der Waals surface area (Å²) in [6, 6.07) is 12.8. The van der Waals surface area contributed by atoms with Gasteiger partial charge in [0.15, 0.2) is 11.5 Å². The van der Waals surface area contributed by atoms with Crippen molar-refractivity contribution in [1.82, 2.24) is 5.32 Å². The van der Waals surface area contributed by atoms with Gasteiger partial charge in [-0.05, 0) is 50.1 Å². The lowest BCUT2D eigenvalue weighted by Gasteiger charge is -2.39. The number of likely N-dealkylation sites (N-methyl/N-ethyl adjacent to an activating group) is 1. The van der Waals surface area contributed by atoms with Crippen molar-refractivity contribution in [3.8, 4) is 17.2 Å². The number of ether oxygens (including phenoxy) is 3. The molecule has 0 fully saturated rings. The number of anilines is 1. The molecule has 1 unspecified atom stereocenters. The van der Waals surface area contributed by atoms with Crippen molar-refractivity contribution in [2.45, 2.75) is 25.9 Å². The largest absolute Gasteiger partial charge is 0.493 e. The third-order valence-electron chi connectivity index (χ3n) is 5.02. The van der Waals surface area contributed by atoms with E-state index in [2.05, 4.69) is 5.32 Å². The fraction of sp³-hybridized carbons (Fsp3) is 0.364. The number of fused-ring (bicyclic) bond motifs is 1. The summed E-state index contributed by atoms with van der Waals surface area (Å²) in [6.45, 7) is 4.19. The van der Waals surface area contributed by atoms with Crippen LogP contribution >= 0.6 is 0 Å². The van der Waals surface area contributed by atoms with Gasteiger partial charge in [0.05, 0.1) is 19.9 Å². The molecular formula is C22H26N2O5. The standard InChI is InChI=1S/C22H26N2O5/c1-5-24-16-8-6-7-9-17(16)29-22(2,21(24)26)20(25)23-13-12-15-10-11-18(27-3)19(14-15)28-4/h6-11,14H,5,12-13H2,1-4H3,(H,23,25). The lowest BCUT2D eigenvalue weighted by Crippen LogP contribution is -2.62. The molecule has 1 aliphatic rings. The number of carbonyl (C=O) groups is 2. The lowest BCUT2D eigenvalue weighted by atomic mass is 9.99. The maximum Gasteiger partial charge on any atom is 0.280 e. The van der Waals surface area contributed by atoms with E-state index >= 15 is 0 Å². The Morgan fingerprint density at radius 2 is 1.86 bits per heavy atom. The zero-order valence-corrected chi connectivity index (χ0v) is 17.2. The topological polar surface area (TPSA) is 77.1 Å². The van der Waals surface area contributed by atoms with Crippen molar-refractivity contribution in [1.29, 1.82) is 0 Å². The normalized spacial score (nSPS) is 17.9. The maximum absolute atomic E-state index is 13.0. The lowest BCUT2D eigenvalue weighted by molar-refractivity contribution is -0.148. The van der Waals surface area contributed by atoms with Crippen LogP contribution in [0.15, 0.2) is 42.5 Å². The zero-order chi connectivity index (χ0) is 21.0. The Labute approximate surface area is 170 Å². The fourth-order valence-electron chi connectivity index (χ4n) is 3.38. The van der Waals surface area contributed by atoms with Crippen LogP contribution in [0.25, 0.3) is 0 Å². The molecule has 0 spiro atoms. The first-order valence-corrected chi connectivity index (χ1v) is 9.53. The number of methoxy groups -OCH3 is 2. The molecule has 0 saturated heterocycles. The van der Waals surface area contributed by atoms with Crippen LogP contribution in [0.3, 0.4) is 0 Å². The number of rotatable bonds is 7. The van der Waals surface area contributed by atoms with Crippen molar-refractivity contribution >= 4 is 17.5 Å². The van der Waals surface area contributed by atoms with Gasteiger partial charge in [0, 0.05) is 13.1 Å². The highest BCUT2D eigenvalue weighted by Crippen LogP contribution is 2.37. The van der Waals surface area contributed by atoms with E-state index in [4.69, 9.17) is 14.2 Å². The smallest absolute Gasteiger partial charge is 0.280 e. The van der Waals surface area contributed by atoms with E-state index in [1.54, 1.807) is 25.2 Å². The molecule has 0 bridgehead atoms. The molecule has 2 aromatic carbocycles. The molecule has 29 heavy (non-hydrogen) atoms. The quantitative estimate of drug-likeness (QED) is 0.726. The Hall–Kier alpha value is -3.22. The highest BCUT2D eigenvalue weighted by molar-refractivity contribution is 6.16. The summed E-state index contributed by atoms with van der Waals surface area (Å²) in [5.41, 5.74) is 0.0437. The number of carbonyl (C=O) groups excluding carboxylic acids is 2. The average molecular weight is 398 g/mol. The van der Waals surface area contributed by atoms with Crippen molar-refractivity contribution in [2.75, 3.05) is 32.2 Å². The van der Waals surface area contributed by atoms with E-state index in [0.717, 1.165) is 5.56 Å². The van der Waals surface area contributed by atoms with Gasteiger partial charge in [0.2, 0.25) is 0 Å². The van der Waals surface area contributed by atoms with E-state index in [1.165, 1.54) is 6.92 Å². The molecule has 1 atom stereocenters. The summed E-state index contributed by atoms with van der Waals surface area (Å²) in [5.74, 6) is 0.960. The molecule has 7 heteroatoms. The SMILES string of the molecule is CCN1C(=O)C(C)(C(=O)NCCc2ccc(OC)c(OC)c2)Oc2ccccc21. The van der Waals surface area contributed by atoms with E-state index in [1.807, 2.05) is 43.3 Å². The van der Waals surface area contributed by atoms with Crippen molar-refractivity contribution in [3.63, 3.8) is 0 Å². The molecule has 7 nitrogen and oxygen atoms in total. The minimum absolute atomic E-state index is 0.355. The fourth-order valence-corrected chi connectivity index (χ4v) is 3.38. The Balaban J connectivity index is 1.70. The number of benzene rings is 2. The van der Waals surface area contributed by atoms with Crippen LogP contribution in [0.2, 0.25) is 0 Å². The van der Waals surface area contributed by atoms with Crippen molar-refractivity contribution in [2.24, 2.45) is 0 Å². The molecule has 0 saturated carbocycles. The summed E-state index contributed by atoms with van der Waals surface area (Å²) in [6.07, 6.45) is 0.574. The van der Waals surface area contributed by atoms with E-state index < -0.39 is 11.5 Å². The molecule has 0 aromatic heterocycles. The van der Waals surface area contributed by atoms with E-state index in [-0.39, 0.29) is 5.91 Å². The number of amides is 2. The Morgan fingerprint density at radius 3 is 2.55 bits per heavy atom. The molecule has 1 heterocycles. The minimum Gasteiger partial charge on any atom is -0.493 e. The maximum atomic E-state index is 13.0. The van der Waals surface area contributed by atoms with Gasteiger partial charge in [-0.15, -0.1) is 0 Å². The highest BCUT2D eigenvalue weighted by atomic mass is 16.5. The first-order valence-electron chi connectivity index (χ1n) is 9.53. The van der Waals surface area contributed by atoms with Crippen LogP contribution in [0.4, 0.5) is 5.69 Å². The number of nitrogens with one attached hydrogen (secondary N) is 1. The summed E-state index contributed by atoms with van der Waals surface area (Å²) >= 11 is 0. The number of hydrogen-bond acceptors (Lipinski definition) is 5. The summed E-state index contributed by atoms with van der Waals surface area (Å²) in [7, 11) is 3.16. The van der Waals surface area contributed by atoms with Gasteiger partial charge < -0.3 is 24.4 Å². The van der Waals surface area contributed by atoms with Crippen molar-refractivity contribution < 1.29 is 23.8 Å². The van der Waals surface area contributed by atoms with E-state index in [9.17, 15) is 9.59 Å². The van der Waals surface area contributed by atoms with Gasteiger partial charge in [0.25, 0.3) is 17.4 Å². The van der Waals surface area contributed by atoms with Crippen LogP contribution in [0.1, 0.15) is 19.4 Å².